The van der Waals surface area contributed by atoms with E-state index in [1.807, 2.05) is 36.2 Å². The maximum atomic E-state index is 11.5. The molecule has 0 aromatic heterocycles. The normalized spacial score (nSPS) is 12.5. The Balaban J connectivity index is 2.74. The summed E-state index contributed by atoms with van der Waals surface area (Å²) < 4.78 is 4.70. The van der Waals surface area contributed by atoms with Crippen LogP contribution in [0.5, 0.6) is 0 Å². The first-order valence-electron chi connectivity index (χ1n) is 5.31. The van der Waals surface area contributed by atoms with Gasteiger partial charge in [0.2, 0.25) is 0 Å². The molecule has 5 heteroatoms. The number of hydrogen-bond acceptors (Lipinski definition) is 4. The summed E-state index contributed by atoms with van der Waals surface area (Å²) >= 11 is 6.06. The molecule has 0 aliphatic heterocycles. The van der Waals surface area contributed by atoms with Gasteiger partial charge in [-0.2, -0.15) is 0 Å². The maximum absolute atomic E-state index is 11.5. The van der Waals surface area contributed by atoms with E-state index >= 15 is 0 Å². The zero-order valence-electron chi connectivity index (χ0n) is 10.0. The number of benzene rings is 1. The molecule has 0 heterocycles. The molecule has 2 N–H and O–H groups in total. The molecule has 1 unspecified atom stereocenters. The number of rotatable bonds is 5. The molecule has 1 rings (SSSR count). The van der Waals surface area contributed by atoms with Gasteiger partial charge in [-0.15, -0.1) is 0 Å². The van der Waals surface area contributed by atoms with Crippen LogP contribution in [0, 0.1) is 0 Å². The van der Waals surface area contributed by atoms with Gasteiger partial charge in [0.1, 0.15) is 6.04 Å². The van der Waals surface area contributed by atoms with Gasteiger partial charge in [0.05, 0.1) is 7.11 Å². The van der Waals surface area contributed by atoms with Crippen LogP contribution in [0.1, 0.15) is 5.56 Å². The lowest BCUT2D eigenvalue weighted by Gasteiger charge is -2.24. The molecule has 0 bridgehead atoms. The van der Waals surface area contributed by atoms with Crippen molar-refractivity contribution in [2.45, 2.75) is 12.6 Å². The van der Waals surface area contributed by atoms with Gasteiger partial charge in [0.15, 0.2) is 0 Å². The standard InChI is InChI=1S/C12H17ClN2O2/c1-15(11(7-14)12(16)17-2)8-9-5-3-4-6-10(9)13/h3-6,11H,7-8,14H2,1-2H3. The molecule has 0 radical (unpaired) electrons. The molecular weight excluding hydrogens is 240 g/mol. The van der Waals surface area contributed by atoms with E-state index in [1.54, 1.807) is 0 Å². The molecule has 1 aromatic rings. The number of nitrogens with two attached hydrogens (primary N) is 1. The van der Waals surface area contributed by atoms with Crippen molar-refractivity contribution in [3.05, 3.63) is 34.9 Å². The molecule has 0 fully saturated rings. The largest absolute Gasteiger partial charge is 0.468 e. The third-order valence-corrected chi connectivity index (χ3v) is 2.97. The van der Waals surface area contributed by atoms with Gasteiger partial charge in [0.25, 0.3) is 0 Å². The minimum absolute atomic E-state index is 0.216. The van der Waals surface area contributed by atoms with Crippen molar-refractivity contribution < 1.29 is 9.53 Å². The second kappa shape index (κ2) is 6.59. The summed E-state index contributed by atoms with van der Waals surface area (Å²) in [7, 11) is 3.17. The molecule has 0 aliphatic carbocycles. The summed E-state index contributed by atoms with van der Waals surface area (Å²) in [6, 6.07) is 7.07. The SMILES string of the molecule is COC(=O)C(CN)N(C)Cc1ccccc1Cl. The summed E-state index contributed by atoms with van der Waals surface area (Å²) in [5.41, 5.74) is 6.52. The van der Waals surface area contributed by atoms with Crippen LogP contribution in [0.4, 0.5) is 0 Å². The fraction of sp³-hybridized carbons (Fsp3) is 0.417. The van der Waals surface area contributed by atoms with Gasteiger partial charge in [-0.05, 0) is 18.7 Å². The Kier molecular flexibility index (Phi) is 5.41. The van der Waals surface area contributed by atoms with Crippen molar-refractivity contribution in [3.63, 3.8) is 0 Å². The molecule has 1 atom stereocenters. The van der Waals surface area contributed by atoms with E-state index in [2.05, 4.69) is 0 Å². The van der Waals surface area contributed by atoms with Gasteiger partial charge in [-0.3, -0.25) is 9.69 Å². The Bertz CT molecular complexity index is 385. The second-order valence-corrected chi connectivity index (χ2v) is 4.19. The van der Waals surface area contributed by atoms with Gasteiger partial charge in [-0.1, -0.05) is 29.8 Å². The van der Waals surface area contributed by atoms with Crippen molar-refractivity contribution in [1.82, 2.24) is 4.90 Å². The second-order valence-electron chi connectivity index (χ2n) is 3.78. The van der Waals surface area contributed by atoms with Crippen LogP contribution in [0.2, 0.25) is 5.02 Å². The maximum Gasteiger partial charge on any atom is 0.324 e. The summed E-state index contributed by atoms with van der Waals surface area (Å²) in [5, 5.41) is 0.681. The first-order valence-corrected chi connectivity index (χ1v) is 5.69. The summed E-state index contributed by atoms with van der Waals surface area (Å²) in [5.74, 6) is -0.331. The van der Waals surface area contributed by atoms with E-state index in [4.69, 9.17) is 22.1 Å². The fourth-order valence-corrected chi connectivity index (χ4v) is 1.79. The molecular formula is C12H17ClN2O2. The third-order valence-electron chi connectivity index (χ3n) is 2.61. The van der Waals surface area contributed by atoms with Gasteiger partial charge in [-0.25, -0.2) is 0 Å². The number of likely N-dealkylation sites (N-methyl/N-ethyl adjacent to an activating group) is 1. The lowest BCUT2D eigenvalue weighted by molar-refractivity contribution is -0.146. The monoisotopic (exact) mass is 256 g/mol. The van der Waals surface area contributed by atoms with Crippen LogP contribution >= 0.6 is 11.6 Å². The molecule has 0 saturated carbocycles. The van der Waals surface area contributed by atoms with Gasteiger partial charge in [0, 0.05) is 18.1 Å². The molecule has 17 heavy (non-hydrogen) atoms. The number of ether oxygens (including phenoxy) is 1. The van der Waals surface area contributed by atoms with Crippen LogP contribution in [-0.4, -0.2) is 37.6 Å². The van der Waals surface area contributed by atoms with Crippen LogP contribution in [0.3, 0.4) is 0 Å². The number of methoxy groups -OCH3 is 1. The van der Waals surface area contributed by atoms with E-state index in [9.17, 15) is 4.79 Å². The predicted molar refractivity (Wildman–Crippen MR) is 67.8 cm³/mol. The Hall–Kier alpha value is -1.10. The average molecular weight is 257 g/mol. The molecule has 4 nitrogen and oxygen atoms in total. The van der Waals surface area contributed by atoms with Crippen molar-refractivity contribution >= 4 is 17.6 Å². The third kappa shape index (κ3) is 3.70. The Morgan fingerprint density at radius 1 is 1.53 bits per heavy atom. The highest BCUT2D eigenvalue weighted by atomic mass is 35.5. The first-order chi connectivity index (χ1) is 8.10. The van der Waals surface area contributed by atoms with E-state index < -0.39 is 6.04 Å². The number of hydrogen-bond donors (Lipinski definition) is 1. The molecule has 1 aromatic carbocycles. The quantitative estimate of drug-likeness (QED) is 0.807. The topological polar surface area (TPSA) is 55.6 Å². The zero-order valence-corrected chi connectivity index (χ0v) is 10.8. The number of carbonyl (C=O) groups is 1. The highest BCUT2D eigenvalue weighted by Crippen LogP contribution is 2.17. The summed E-state index contributed by atoms with van der Waals surface area (Å²) in [6.45, 7) is 0.768. The van der Waals surface area contributed by atoms with E-state index in [1.165, 1.54) is 7.11 Å². The van der Waals surface area contributed by atoms with E-state index in [0.717, 1.165) is 5.56 Å². The van der Waals surface area contributed by atoms with E-state index in [0.29, 0.717) is 11.6 Å². The molecule has 0 aliphatic rings. The number of nitrogens with zero attached hydrogens (tertiary/aromatic N) is 1. The Morgan fingerprint density at radius 3 is 2.71 bits per heavy atom. The van der Waals surface area contributed by atoms with Crippen molar-refractivity contribution in [1.29, 1.82) is 0 Å². The fourth-order valence-electron chi connectivity index (χ4n) is 1.60. The van der Waals surface area contributed by atoms with Crippen molar-refractivity contribution in [2.24, 2.45) is 5.73 Å². The summed E-state index contributed by atoms with van der Waals surface area (Å²) in [4.78, 5) is 13.3. The van der Waals surface area contributed by atoms with Crippen molar-refractivity contribution in [2.75, 3.05) is 20.7 Å². The van der Waals surface area contributed by atoms with Crippen LogP contribution in [0.15, 0.2) is 24.3 Å². The molecule has 0 amide bonds. The highest BCUT2D eigenvalue weighted by Gasteiger charge is 2.22. The Labute approximate surface area is 106 Å². The van der Waals surface area contributed by atoms with E-state index in [-0.39, 0.29) is 12.5 Å². The zero-order chi connectivity index (χ0) is 12.8. The average Bonchev–Trinajstić information content (AvgIpc) is 2.32. The lowest BCUT2D eigenvalue weighted by Crippen LogP contribution is -2.44. The first kappa shape index (κ1) is 14.0. The number of halogens is 1. The van der Waals surface area contributed by atoms with Gasteiger partial charge >= 0.3 is 5.97 Å². The minimum Gasteiger partial charge on any atom is -0.468 e. The highest BCUT2D eigenvalue weighted by molar-refractivity contribution is 6.31. The summed E-state index contributed by atoms with van der Waals surface area (Å²) in [6.07, 6.45) is 0. The Morgan fingerprint density at radius 2 is 2.18 bits per heavy atom. The minimum atomic E-state index is -0.448. The predicted octanol–water partition coefficient (Wildman–Crippen LogP) is 1.27. The molecule has 94 valence electrons. The molecule has 0 saturated heterocycles. The smallest absolute Gasteiger partial charge is 0.324 e. The number of carbonyl (C=O) groups excluding carboxylic acids is 1. The van der Waals surface area contributed by atoms with Crippen LogP contribution in [0.25, 0.3) is 0 Å². The lowest BCUT2D eigenvalue weighted by atomic mass is 10.2. The number of esters is 1. The van der Waals surface area contributed by atoms with Crippen molar-refractivity contribution in [3.8, 4) is 0 Å². The van der Waals surface area contributed by atoms with Gasteiger partial charge < -0.3 is 10.5 Å². The van der Waals surface area contributed by atoms with Crippen LogP contribution in [-0.2, 0) is 16.1 Å². The molecule has 0 spiro atoms. The van der Waals surface area contributed by atoms with Crippen LogP contribution < -0.4 is 5.73 Å².